The molecule has 0 bridgehead atoms. The van der Waals surface area contributed by atoms with Gasteiger partial charge in [0, 0.05) is 18.5 Å². The molecule has 1 saturated heterocycles. The van der Waals surface area contributed by atoms with Gasteiger partial charge < -0.3 is 14.8 Å². The van der Waals surface area contributed by atoms with Gasteiger partial charge in [-0.3, -0.25) is 9.69 Å². The second-order valence-corrected chi connectivity index (χ2v) is 8.32. The highest BCUT2D eigenvalue weighted by Gasteiger charge is 2.30. The fourth-order valence-electron chi connectivity index (χ4n) is 4.75. The number of hydrogen-bond donors (Lipinski definition) is 1. The maximum Gasteiger partial charge on any atom is 0.234 e. The van der Waals surface area contributed by atoms with Gasteiger partial charge in [0.25, 0.3) is 0 Å². The number of nitrogens with one attached hydrogen (secondary N) is 1. The molecule has 0 radical (unpaired) electrons. The summed E-state index contributed by atoms with van der Waals surface area (Å²) in [6.07, 6.45) is 8.02. The first-order valence-electron chi connectivity index (χ1n) is 10.6. The number of carbonyl (C=O) groups excluding carboxylic acids is 1. The smallest absolute Gasteiger partial charge is 0.234 e. The SMILES string of the molecule is C[C@H]1CCCC[C@H]1NC(=O)CN1CCC[C@@H]1c1ccc2c(c1)OCCCO2. The largest absolute Gasteiger partial charge is 0.490 e. The average molecular weight is 373 g/mol. The molecule has 148 valence electrons. The second-order valence-electron chi connectivity index (χ2n) is 8.32. The molecule has 1 N–H and O–H groups in total. The molecule has 3 atom stereocenters. The molecule has 2 fully saturated rings. The highest BCUT2D eigenvalue weighted by Crippen LogP contribution is 2.37. The fourth-order valence-corrected chi connectivity index (χ4v) is 4.75. The van der Waals surface area contributed by atoms with E-state index in [2.05, 4.69) is 29.3 Å². The molecule has 0 aromatic heterocycles. The third-order valence-corrected chi connectivity index (χ3v) is 6.32. The molecule has 1 saturated carbocycles. The molecule has 1 aromatic carbocycles. The van der Waals surface area contributed by atoms with E-state index in [9.17, 15) is 4.79 Å². The molecule has 2 aliphatic heterocycles. The summed E-state index contributed by atoms with van der Waals surface area (Å²) in [6.45, 7) is 5.14. The van der Waals surface area contributed by atoms with E-state index >= 15 is 0 Å². The summed E-state index contributed by atoms with van der Waals surface area (Å²) in [7, 11) is 0. The molecular weight excluding hydrogens is 340 g/mol. The lowest BCUT2D eigenvalue weighted by atomic mass is 9.86. The van der Waals surface area contributed by atoms with Gasteiger partial charge in [0.2, 0.25) is 5.91 Å². The van der Waals surface area contributed by atoms with E-state index in [1.807, 2.05) is 6.07 Å². The van der Waals surface area contributed by atoms with Crippen molar-refractivity contribution in [1.82, 2.24) is 10.2 Å². The van der Waals surface area contributed by atoms with Gasteiger partial charge >= 0.3 is 0 Å². The molecule has 1 amide bonds. The van der Waals surface area contributed by atoms with Gasteiger partial charge in [-0.05, 0) is 55.8 Å². The highest BCUT2D eigenvalue weighted by molar-refractivity contribution is 5.78. The van der Waals surface area contributed by atoms with Gasteiger partial charge in [-0.25, -0.2) is 0 Å². The Morgan fingerprint density at radius 2 is 1.89 bits per heavy atom. The summed E-state index contributed by atoms with van der Waals surface area (Å²) in [5.74, 6) is 2.45. The number of nitrogens with zero attached hydrogens (tertiary/aromatic N) is 1. The van der Waals surface area contributed by atoms with Crippen LogP contribution in [0.5, 0.6) is 11.5 Å². The van der Waals surface area contributed by atoms with Crippen LogP contribution < -0.4 is 14.8 Å². The minimum absolute atomic E-state index is 0.176. The Hall–Kier alpha value is -1.75. The van der Waals surface area contributed by atoms with Crippen LogP contribution in [-0.4, -0.2) is 43.2 Å². The monoisotopic (exact) mass is 372 g/mol. The molecule has 4 rings (SSSR count). The Balaban J connectivity index is 1.40. The van der Waals surface area contributed by atoms with E-state index in [1.54, 1.807) is 0 Å². The fraction of sp³-hybridized carbons (Fsp3) is 0.682. The normalized spacial score (nSPS) is 28.6. The number of likely N-dealkylation sites (tertiary alicyclic amines) is 1. The summed E-state index contributed by atoms with van der Waals surface area (Å²) >= 11 is 0. The van der Waals surface area contributed by atoms with Crippen LogP contribution in [0.4, 0.5) is 0 Å². The zero-order valence-corrected chi connectivity index (χ0v) is 16.4. The van der Waals surface area contributed by atoms with Crippen LogP contribution in [0.2, 0.25) is 0 Å². The van der Waals surface area contributed by atoms with Gasteiger partial charge in [-0.2, -0.15) is 0 Å². The third-order valence-electron chi connectivity index (χ3n) is 6.32. The molecule has 27 heavy (non-hydrogen) atoms. The first kappa shape index (κ1) is 18.6. The van der Waals surface area contributed by atoms with Gasteiger partial charge in [0.15, 0.2) is 11.5 Å². The number of hydrogen-bond acceptors (Lipinski definition) is 4. The molecule has 1 aromatic rings. The Kier molecular flexibility index (Phi) is 5.86. The summed E-state index contributed by atoms with van der Waals surface area (Å²) < 4.78 is 11.6. The topological polar surface area (TPSA) is 50.8 Å². The summed E-state index contributed by atoms with van der Waals surface area (Å²) in [4.78, 5) is 15.0. The Labute approximate surface area is 162 Å². The maximum atomic E-state index is 12.7. The standard InChI is InChI=1S/C22H32N2O3/c1-16-6-2-3-7-18(16)23-22(25)15-24-11-4-8-19(24)17-9-10-20-21(14-17)27-13-5-12-26-20/h9-10,14,16,18-19H,2-8,11-13,15H2,1H3,(H,23,25)/t16-,18+,19+/m0/s1. The van der Waals surface area contributed by atoms with Crippen molar-refractivity contribution in [2.75, 3.05) is 26.3 Å². The Morgan fingerprint density at radius 3 is 2.74 bits per heavy atom. The number of rotatable bonds is 4. The summed E-state index contributed by atoms with van der Waals surface area (Å²) in [6, 6.07) is 6.92. The van der Waals surface area contributed by atoms with Crippen LogP contribution in [0.15, 0.2) is 18.2 Å². The number of carbonyl (C=O) groups is 1. The van der Waals surface area contributed by atoms with Crippen LogP contribution in [0.1, 0.15) is 63.5 Å². The second kappa shape index (κ2) is 8.51. The minimum atomic E-state index is 0.176. The zero-order valence-electron chi connectivity index (χ0n) is 16.4. The lowest BCUT2D eigenvalue weighted by Gasteiger charge is -2.31. The van der Waals surface area contributed by atoms with Crippen LogP contribution >= 0.6 is 0 Å². The lowest BCUT2D eigenvalue weighted by Crippen LogP contribution is -2.45. The van der Waals surface area contributed by atoms with Crippen LogP contribution in [0.25, 0.3) is 0 Å². The molecule has 3 aliphatic rings. The van der Waals surface area contributed by atoms with E-state index in [0.717, 1.165) is 43.7 Å². The predicted octanol–water partition coefficient (Wildman–Crippen LogP) is 3.68. The van der Waals surface area contributed by atoms with Crippen molar-refractivity contribution in [2.45, 2.75) is 64.0 Å². The lowest BCUT2D eigenvalue weighted by molar-refractivity contribution is -0.123. The van der Waals surface area contributed by atoms with Crippen molar-refractivity contribution in [3.8, 4) is 11.5 Å². The van der Waals surface area contributed by atoms with E-state index in [0.29, 0.717) is 31.7 Å². The van der Waals surface area contributed by atoms with Crippen molar-refractivity contribution >= 4 is 5.91 Å². The Morgan fingerprint density at radius 1 is 1.07 bits per heavy atom. The van der Waals surface area contributed by atoms with E-state index in [4.69, 9.17) is 9.47 Å². The predicted molar refractivity (Wildman–Crippen MR) is 105 cm³/mol. The van der Waals surface area contributed by atoms with Crippen molar-refractivity contribution < 1.29 is 14.3 Å². The van der Waals surface area contributed by atoms with Crippen molar-refractivity contribution in [2.24, 2.45) is 5.92 Å². The van der Waals surface area contributed by atoms with Gasteiger partial charge in [0.05, 0.1) is 19.8 Å². The van der Waals surface area contributed by atoms with Crippen molar-refractivity contribution in [3.63, 3.8) is 0 Å². The van der Waals surface area contributed by atoms with Crippen LogP contribution in [0.3, 0.4) is 0 Å². The van der Waals surface area contributed by atoms with Gasteiger partial charge in [-0.1, -0.05) is 25.8 Å². The van der Waals surface area contributed by atoms with Crippen molar-refractivity contribution in [1.29, 1.82) is 0 Å². The number of benzene rings is 1. The van der Waals surface area contributed by atoms with Crippen LogP contribution in [-0.2, 0) is 4.79 Å². The van der Waals surface area contributed by atoms with Crippen LogP contribution in [0, 0.1) is 5.92 Å². The number of amides is 1. The van der Waals surface area contributed by atoms with Gasteiger partial charge in [-0.15, -0.1) is 0 Å². The molecule has 2 heterocycles. The first-order chi connectivity index (χ1) is 13.2. The minimum Gasteiger partial charge on any atom is -0.490 e. The summed E-state index contributed by atoms with van der Waals surface area (Å²) in [5.41, 5.74) is 1.23. The Bertz CT molecular complexity index is 663. The third kappa shape index (κ3) is 4.40. The highest BCUT2D eigenvalue weighted by atomic mass is 16.5. The molecule has 5 heteroatoms. The summed E-state index contributed by atoms with van der Waals surface area (Å²) in [5, 5.41) is 3.30. The number of ether oxygens (including phenoxy) is 2. The molecule has 0 unspecified atom stereocenters. The number of fused-ring (bicyclic) bond motifs is 1. The molecule has 5 nitrogen and oxygen atoms in total. The van der Waals surface area contributed by atoms with Crippen molar-refractivity contribution in [3.05, 3.63) is 23.8 Å². The van der Waals surface area contributed by atoms with E-state index in [1.165, 1.54) is 24.8 Å². The molecule has 1 aliphatic carbocycles. The quantitative estimate of drug-likeness (QED) is 0.876. The molecular formula is C22H32N2O3. The maximum absolute atomic E-state index is 12.7. The molecule has 0 spiro atoms. The average Bonchev–Trinajstić information content (AvgIpc) is 2.99. The van der Waals surface area contributed by atoms with Gasteiger partial charge in [0.1, 0.15) is 0 Å². The first-order valence-corrected chi connectivity index (χ1v) is 10.6. The van der Waals surface area contributed by atoms with E-state index < -0.39 is 0 Å². The van der Waals surface area contributed by atoms with E-state index in [-0.39, 0.29) is 11.9 Å². The zero-order chi connectivity index (χ0) is 18.6.